The molecular weight excluding hydrogens is 548 g/mol. The topological polar surface area (TPSA) is 53.1 Å². The highest BCUT2D eigenvalue weighted by Crippen LogP contribution is 2.28. The maximum Gasteiger partial charge on any atom is 0.146 e. The largest absolute Gasteiger partial charge is 0.369 e. The number of aryl methyl sites for hydroxylation is 1. The summed E-state index contributed by atoms with van der Waals surface area (Å²) in [6.45, 7) is 6.78. The Kier molecular flexibility index (Phi) is 7.61. The fourth-order valence-corrected chi connectivity index (χ4v) is 5.75. The minimum atomic E-state index is 0.530. The molecule has 1 saturated heterocycles. The molecule has 2 aromatic heterocycles. The van der Waals surface area contributed by atoms with Crippen molar-refractivity contribution in [1.82, 2.24) is 19.0 Å². The first-order valence-electron chi connectivity index (χ1n) is 13.6. The predicted octanol–water partition coefficient (Wildman–Crippen LogP) is 6.01. The lowest BCUT2D eigenvalue weighted by Crippen LogP contribution is -2.46. The van der Waals surface area contributed by atoms with Crippen molar-refractivity contribution < 1.29 is 0 Å². The normalized spacial score (nSPS) is 14.2. The minimum Gasteiger partial charge on any atom is -0.369 e. The van der Waals surface area contributed by atoms with Gasteiger partial charge in [0.05, 0.1) is 11.7 Å². The van der Waals surface area contributed by atoms with Crippen LogP contribution in [0.4, 0.5) is 5.69 Å². The molecule has 39 heavy (non-hydrogen) atoms. The van der Waals surface area contributed by atoms with Crippen molar-refractivity contribution in [3.05, 3.63) is 113 Å². The molecule has 0 radical (unpaired) electrons. The summed E-state index contributed by atoms with van der Waals surface area (Å²) in [7, 11) is 0. The summed E-state index contributed by atoms with van der Waals surface area (Å²) in [4.78, 5) is 9.90. The number of anilines is 1. The molecule has 0 amide bonds. The minimum absolute atomic E-state index is 0.530. The molecule has 3 aromatic carbocycles. The van der Waals surface area contributed by atoms with Crippen LogP contribution in [0.2, 0.25) is 0 Å². The number of benzene rings is 3. The van der Waals surface area contributed by atoms with Crippen LogP contribution in [-0.2, 0) is 13.1 Å². The first kappa shape index (κ1) is 25.6. The molecule has 0 saturated carbocycles. The van der Waals surface area contributed by atoms with E-state index in [-0.39, 0.29) is 0 Å². The van der Waals surface area contributed by atoms with E-state index in [0.717, 1.165) is 72.3 Å². The van der Waals surface area contributed by atoms with Gasteiger partial charge in [-0.1, -0.05) is 76.6 Å². The highest BCUT2D eigenvalue weighted by Gasteiger charge is 2.18. The van der Waals surface area contributed by atoms with Crippen LogP contribution in [0.25, 0.3) is 22.2 Å². The second-order valence-electron chi connectivity index (χ2n) is 10.2. The number of nitrogens with one attached hydrogen (secondary N) is 1. The van der Waals surface area contributed by atoms with E-state index in [9.17, 15) is 5.41 Å². The van der Waals surface area contributed by atoms with Crippen LogP contribution in [-0.4, -0.2) is 51.7 Å². The van der Waals surface area contributed by atoms with Gasteiger partial charge in [-0.15, -0.1) is 0 Å². The van der Waals surface area contributed by atoms with Gasteiger partial charge in [0.1, 0.15) is 11.1 Å². The molecule has 1 aliphatic heterocycles. The van der Waals surface area contributed by atoms with Crippen molar-refractivity contribution >= 4 is 32.7 Å². The van der Waals surface area contributed by atoms with Gasteiger partial charge in [-0.05, 0) is 48.4 Å². The Bertz CT molecular complexity index is 1580. The Hall–Kier alpha value is -3.68. The van der Waals surface area contributed by atoms with Gasteiger partial charge >= 0.3 is 0 Å². The standard InChI is InChI=1S/C32H33BrN6/c33-27-14-12-25(13-15-27)22-39-23-29(26-8-3-1-4-9-26)30-31(34)38(24-35-32(30)39)17-7-16-36-18-20-37(21-19-36)28-10-5-2-6-11-28/h1-6,8-15,23-24,34H,7,16-22H2. The molecule has 0 spiro atoms. The van der Waals surface area contributed by atoms with E-state index < -0.39 is 0 Å². The molecule has 0 unspecified atom stereocenters. The summed E-state index contributed by atoms with van der Waals surface area (Å²) >= 11 is 3.53. The van der Waals surface area contributed by atoms with Crippen molar-refractivity contribution in [3.8, 4) is 11.1 Å². The summed E-state index contributed by atoms with van der Waals surface area (Å²) in [6, 6.07) is 29.4. The third kappa shape index (κ3) is 5.70. The summed E-state index contributed by atoms with van der Waals surface area (Å²) < 4.78 is 5.26. The van der Waals surface area contributed by atoms with Crippen molar-refractivity contribution in [2.24, 2.45) is 0 Å². The van der Waals surface area contributed by atoms with Crippen LogP contribution in [0.1, 0.15) is 12.0 Å². The number of piperazine rings is 1. The van der Waals surface area contributed by atoms with Crippen LogP contribution in [0, 0.1) is 5.41 Å². The summed E-state index contributed by atoms with van der Waals surface area (Å²) in [5.74, 6) is 0. The van der Waals surface area contributed by atoms with E-state index in [0.29, 0.717) is 12.0 Å². The van der Waals surface area contributed by atoms with Gasteiger partial charge in [0.15, 0.2) is 0 Å². The molecule has 1 fully saturated rings. The number of nitrogens with zero attached hydrogens (tertiary/aromatic N) is 5. The first-order valence-corrected chi connectivity index (χ1v) is 14.4. The lowest BCUT2D eigenvalue weighted by molar-refractivity contribution is 0.250. The summed E-state index contributed by atoms with van der Waals surface area (Å²) in [5, 5.41) is 10.1. The summed E-state index contributed by atoms with van der Waals surface area (Å²) in [5.41, 5.74) is 6.07. The lowest BCUT2D eigenvalue weighted by Gasteiger charge is -2.36. The van der Waals surface area contributed by atoms with E-state index >= 15 is 0 Å². The SMILES string of the molecule is N=c1c2c(-c3ccccc3)cn(Cc3ccc(Br)cc3)c2ncn1CCCN1CCN(c2ccccc2)CC1. The van der Waals surface area contributed by atoms with Gasteiger partial charge in [-0.3, -0.25) is 10.3 Å². The van der Waals surface area contributed by atoms with Crippen LogP contribution < -0.4 is 10.4 Å². The summed E-state index contributed by atoms with van der Waals surface area (Å²) in [6.07, 6.45) is 5.00. The Balaban J connectivity index is 1.19. The lowest BCUT2D eigenvalue weighted by atomic mass is 10.1. The Morgan fingerprint density at radius 2 is 1.46 bits per heavy atom. The number of rotatable bonds is 8. The molecule has 5 aromatic rings. The van der Waals surface area contributed by atoms with Crippen LogP contribution >= 0.6 is 15.9 Å². The molecule has 0 atom stereocenters. The maximum absolute atomic E-state index is 9.18. The van der Waals surface area contributed by atoms with Crippen molar-refractivity contribution in [3.63, 3.8) is 0 Å². The van der Waals surface area contributed by atoms with E-state index in [1.54, 1.807) is 0 Å². The molecule has 1 aliphatic rings. The average molecular weight is 582 g/mol. The molecule has 1 N–H and O–H groups in total. The number of aromatic nitrogens is 3. The number of para-hydroxylation sites is 1. The second kappa shape index (κ2) is 11.6. The fourth-order valence-electron chi connectivity index (χ4n) is 5.49. The third-order valence-electron chi connectivity index (χ3n) is 7.61. The fraction of sp³-hybridized carbons (Fsp3) is 0.250. The monoisotopic (exact) mass is 580 g/mol. The van der Waals surface area contributed by atoms with Gasteiger partial charge in [0.2, 0.25) is 0 Å². The second-order valence-corrected chi connectivity index (χ2v) is 11.1. The Morgan fingerprint density at radius 1 is 0.769 bits per heavy atom. The van der Waals surface area contributed by atoms with Gasteiger partial charge in [-0.2, -0.15) is 0 Å². The maximum atomic E-state index is 9.18. The highest BCUT2D eigenvalue weighted by molar-refractivity contribution is 9.10. The molecule has 0 bridgehead atoms. The number of halogens is 1. The van der Waals surface area contributed by atoms with Gasteiger partial charge < -0.3 is 14.0 Å². The molecule has 3 heterocycles. The molecule has 0 aliphatic carbocycles. The zero-order chi connectivity index (χ0) is 26.6. The van der Waals surface area contributed by atoms with Crippen molar-refractivity contribution in [2.75, 3.05) is 37.6 Å². The molecule has 6 nitrogen and oxygen atoms in total. The van der Waals surface area contributed by atoms with E-state index in [4.69, 9.17) is 4.98 Å². The molecule has 198 valence electrons. The molecular formula is C32H33BrN6. The van der Waals surface area contributed by atoms with Crippen molar-refractivity contribution in [1.29, 1.82) is 5.41 Å². The third-order valence-corrected chi connectivity index (χ3v) is 8.14. The zero-order valence-electron chi connectivity index (χ0n) is 22.0. The van der Waals surface area contributed by atoms with Gasteiger partial charge in [-0.25, -0.2) is 4.98 Å². The van der Waals surface area contributed by atoms with Crippen molar-refractivity contribution in [2.45, 2.75) is 19.5 Å². The number of hydrogen-bond donors (Lipinski definition) is 1. The molecule has 6 rings (SSSR count). The molecule has 7 heteroatoms. The average Bonchev–Trinajstić information content (AvgIpc) is 3.35. The smallest absolute Gasteiger partial charge is 0.146 e. The van der Waals surface area contributed by atoms with Crippen LogP contribution in [0.5, 0.6) is 0 Å². The van der Waals surface area contributed by atoms with E-state index in [1.807, 2.05) is 17.0 Å². The van der Waals surface area contributed by atoms with Crippen LogP contribution in [0.3, 0.4) is 0 Å². The van der Waals surface area contributed by atoms with Crippen LogP contribution in [0.15, 0.2) is 102 Å². The predicted molar refractivity (Wildman–Crippen MR) is 162 cm³/mol. The highest BCUT2D eigenvalue weighted by atomic mass is 79.9. The van der Waals surface area contributed by atoms with Gasteiger partial charge in [0, 0.05) is 61.2 Å². The Labute approximate surface area is 237 Å². The zero-order valence-corrected chi connectivity index (χ0v) is 23.6. The number of fused-ring (bicyclic) bond motifs is 1. The van der Waals surface area contributed by atoms with E-state index in [2.05, 4.69) is 115 Å². The van der Waals surface area contributed by atoms with E-state index in [1.165, 1.54) is 11.3 Å². The Morgan fingerprint density at radius 3 is 2.18 bits per heavy atom. The number of hydrogen-bond acceptors (Lipinski definition) is 4. The first-order chi connectivity index (χ1) is 19.2. The van der Waals surface area contributed by atoms with Gasteiger partial charge in [0.25, 0.3) is 0 Å². The quantitative estimate of drug-likeness (QED) is 0.244.